The zero-order chi connectivity index (χ0) is 22.3. The summed E-state index contributed by atoms with van der Waals surface area (Å²) in [5.41, 5.74) is 11.6. The fourth-order valence-electron chi connectivity index (χ4n) is 6.29. The highest BCUT2D eigenvalue weighted by Gasteiger charge is 2.54. The molecule has 1 spiro atoms. The van der Waals surface area contributed by atoms with Gasteiger partial charge in [-0.15, -0.1) is 0 Å². The summed E-state index contributed by atoms with van der Waals surface area (Å²) in [6, 6.07) is 39.0. The molecule has 2 heterocycles. The van der Waals surface area contributed by atoms with Crippen molar-refractivity contribution in [2.45, 2.75) is 5.41 Å². The SMILES string of the molecule is c1ccc(-c2ccc3c(c2)-c2oc4ccccc4c2C32c3ccccc3-c3ccccc32)nc1. The molecule has 2 nitrogen and oxygen atoms in total. The standard InChI is InChI=1S/C32H19NO/c1-4-12-25-21(9-1)22-10-2-5-13-26(22)32(25)27-17-16-20(28-14-7-8-18-33-28)19-24(27)31-30(32)23-11-3-6-15-29(23)34-31/h1-19H. The summed E-state index contributed by atoms with van der Waals surface area (Å²) in [4.78, 5) is 4.60. The number of fused-ring (bicyclic) bond motifs is 12. The topological polar surface area (TPSA) is 26.0 Å². The lowest BCUT2D eigenvalue weighted by molar-refractivity contribution is 0.628. The van der Waals surface area contributed by atoms with Crippen LogP contribution in [0.5, 0.6) is 0 Å². The van der Waals surface area contributed by atoms with Crippen molar-refractivity contribution in [1.82, 2.24) is 4.98 Å². The van der Waals surface area contributed by atoms with Gasteiger partial charge in [-0.05, 0) is 52.1 Å². The first-order valence-corrected chi connectivity index (χ1v) is 11.6. The van der Waals surface area contributed by atoms with Crippen LogP contribution in [-0.2, 0) is 5.41 Å². The lowest BCUT2D eigenvalue weighted by Crippen LogP contribution is -2.25. The molecule has 4 aromatic carbocycles. The fraction of sp³-hybridized carbons (Fsp3) is 0.0312. The molecule has 2 aromatic heterocycles. The average molecular weight is 434 g/mol. The molecule has 34 heavy (non-hydrogen) atoms. The second kappa shape index (κ2) is 6.33. The third-order valence-corrected chi connectivity index (χ3v) is 7.55. The van der Waals surface area contributed by atoms with Gasteiger partial charge in [-0.3, -0.25) is 4.98 Å². The van der Waals surface area contributed by atoms with Gasteiger partial charge >= 0.3 is 0 Å². The Bertz CT molecular complexity index is 1710. The minimum absolute atomic E-state index is 0.396. The van der Waals surface area contributed by atoms with Gasteiger partial charge in [0.1, 0.15) is 11.3 Å². The predicted octanol–water partition coefficient (Wildman–Crippen LogP) is 7.84. The number of hydrogen-bond acceptors (Lipinski definition) is 2. The molecule has 158 valence electrons. The van der Waals surface area contributed by atoms with Gasteiger partial charge in [0.25, 0.3) is 0 Å². The molecular formula is C32H19NO. The largest absolute Gasteiger partial charge is 0.456 e. The summed E-state index contributed by atoms with van der Waals surface area (Å²) in [6.07, 6.45) is 1.85. The van der Waals surface area contributed by atoms with Crippen LogP contribution < -0.4 is 0 Å². The first-order chi connectivity index (χ1) is 16.9. The lowest BCUT2D eigenvalue weighted by Gasteiger charge is -2.29. The van der Waals surface area contributed by atoms with Gasteiger partial charge < -0.3 is 4.42 Å². The highest BCUT2D eigenvalue weighted by atomic mass is 16.3. The Morgan fingerprint density at radius 1 is 0.588 bits per heavy atom. The maximum absolute atomic E-state index is 6.62. The fourth-order valence-corrected chi connectivity index (χ4v) is 6.29. The zero-order valence-electron chi connectivity index (χ0n) is 18.3. The van der Waals surface area contributed by atoms with E-state index in [2.05, 4.69) is 102 Å². The summed E-state index contributed by atoms with van der Waals surface area (Å²) in [7, 11) is 0. The van der Waals surface area contributed by atoms with Crippen molar-refractivity contribution in [1.29, 1.82) is 0 Å². The molecule has 6 aromatic rings. The molecule has 2 aliphatic rings. The molecule has 8 rings (SSSR count). The van der Waals surface area contributed by atoms with E-state index < -0.39 is 5.41 Å². The van der Waals surface area contributed by atoms with E-state index in [1.54, 1.807) is 0 Å². The highest BCUT2D eigenvalue weighted by Crippen LogP contribution is 2.64. The first kappa shape index (κ1) is 18.0. The summed E-state index contributed by atoms with van der Waals surface area (Å²) in [5.74, 6) is 0.973. The van der Waals surface area contributed by atoms with E-state index in [0.717, 1.165) is 28.2 Å². The van der Waals surface area contributed by atoms with Gasteiger partial charge in [-0.2, -0.15) is 0 Å². The number of furan rings is 1. The van der Waals surface area contributed by atoms with Crippen molar-refractivity contribution < 1.29 is 4.42 Å². The van der Waals surface area contributed by atoms with Gasteiger partial charge in [0, 0.05) is 28.3 Å². The Morgan fingerprint density at radius 2 is 1.26 bits per heavy atom. The highest BCUT2D eigenvalue weighted by molar-refractivity contribution is 6.02. The number of nitrogens with zero attached hydrogens (tertiary/aromatic N) is 1. The number of hydrogen-bond donors (Lipinski definition) is 0. The van der Waals surface area contributed by atoms with E-state index in [-0.39, 0.29) is 0 Å². The van der Waals surface area contributed by atoms with Crippen LogP contribution in [0.3, 0.4) is 0 Å². The minimum Gasteiger partial charge on any atom is -0.456 e. The van der Waals surface area contributed by atoms with Gasteiger partial charge in [-0.25, -0.2) is 0 Å². The molecule has 0 amide bonds. The van der Waals surface area contributed by atoms with Crippen LogP contribution in [0.25, 0.3) is 44.7 Å². The van der Waals surface area contributed by atoms with Crippen molar-refractivity contribution in [3.63, 3.8) is 0 Å². The Kier molecular flexibility index (Phi) is 3.36. The van der Waals surface area contributed by atoms with Crippen LogP contribution in [0, 0.1) is 0 Å². The van der Waals surface area contributed by atoms with Gasteiger partial charge in [0.15, 0.2) is 0 Å². The molecule has 0 saturated carbocycles. The number of para-hydroxylation sites is 1. The number of pyridine rings is 1. The van der Waals surface area contributed by atoms with E-state index >= 15 is 0 Å². The van der Waals surface area contributed by atoms with E-state index in [1.165, 1.54) is 38.8 Å². The lowest BCUT2D eigenvalue weighted by atomic mass is 9.70. The van der Waals surface area contributed by atoms with Crippen LogP contribution >= 0.6 is 0 Å². The monoisotopic (exact) mass is 433 g/mol. The molecule has 0 bridgehead atoms. The second-order valence-corrected chi connectivity index (χ2v) is 9.12. The van der Waals surface area contributed by atoms with E-state index in [0.29, 0.717) is 0 Å². The first-order valence-electron chi connectivity index (χ1n) is 11.6. The molecule has 0 aliphatic heterocycles. The van der Waals surface area contributed by atoms with Crippen LogP contribution in [-0.4, -0.2) is 4.98 Å². The maximum atomic E-state index is 6.62. The third kappa shape index (κ3) is 2.04. The number of aromatic nitrogens is 1. The molecule has 0 atom stereocenters. The molecule has 0 unspecified atom stereocenters. The Labute approximate surface area is 197 Å². The molecule has 2 heteroatoms. The Hall–Kier alpha value is -4.43. The van der Waals surface area contributed by atoms with Crippen LogP contribution in [0.2, 0.25) is 0 Å². The summed E-state index contributed by atoms with van der Waals surface area (Å²) in [6.45, 7) is 0. The summed E-state index contributed by atoms with van der Waals surface area (Å²) < 4.78 is 6.62. The quantitative estimate of drug-likeness (QED) is 0.264. The molecule has 0 saturated heterocycles. The molecular weight excluding hydrogens is 414 g/mol. The van der Waals surface area contributed by atoms with Crippen molar-refractivity contribution >= 4 is 11.0 Å². The van der Waals surface area contributed by atoms with Crippen molar-refractivity contribution in [2.75, 3.05) is 0 Å². The zero-order valence-corrected chi connectivity index (χ0v) is 18.3. The van der Waals surface area contributed by atoms with Gasteiger partial charge in [0.05, 0.1) is 11.1 Å². The van der Waals surface area contributed by atoms with E-state index in [4.69, 9.17) is 4.42 Å². The van der Waals surface area contributed by atoms with Crippen molar-refractivity contribution in [3.05, 3.63) is 138 Å². The van der Waals surface area contributed by atoms with Crippen LogP contribution in [0.15, 0.2) is 120 Å². The van der Waals surface area contributed by atoms with E-state index in [1.807, 2.05) is 18.3 Å². The normalized spacial score (nSPS) is 14.1. The second-order valence-electron chi connectivity index (χ2n) is 9.12. The molecule has 0 radical (unpaired) electrons. The van der Waals surface area contributed by atoms with Crippen molar-refractivity contribution in [2.24, 2.45) is 0 Å². The number of rotatable bonds is 1. The Balaban J connectivity index is 1.56. The summed E-state index contributed by atoms with van der Waals surface area (Å²) in [5, 5.41) is 1.18. The van der Waals surface area contributed by atoms with Crippen molar-refractivity contribution in [3.8, 4) is 33.7 Å². The smallest absolute Gasteiger partial charge is 0.140 e. The van der Waals surface area contributed by atoms with Crippen LogP contribution in [0.4, 0.5) is 0 Å². The third-order valence-electron chi connectivity index (χ3n) is 7.55. The van der Waals surface area contributed by atoms with Gasteiger partial charge in [-0.1, -0.05) is 84.9 Å². The maximum Gasteiger partial charge on any atom is 0.140 e. The molecule has 0 N–H and O–H groups in total. The molecule has 2 aliphatic carbocycles. The van der Waals surface area contributed by atoms with Crippen LogP contribution in [0.1, 0.15) is 22.3 Å². The Morgan fingerprint density at radius 3 is 2.03 bits per heavy atom. The minimum atomic E-state index is -0.396. The van der Waals surface area contributed by atoms with E-state index in [9.17, 15) is 0 Å². The number of benzene rings is 4. The average Bonchev–Trinajstić information content (AvgIpc) is 3.52. The van der Waals surface area contributed by atoms with Gasteiger partial charge in [0.2, 0.25) is 0 Å². The predicted molar refractivity (Wildman–Crippen MR) is 136 cm³/mol. The molecule has 0 fully saturated rings. The summed E-state index contributed by atoms with van der Waals surface area (Å²) >= 11 is 0.